The Morgan fingerprint density at radius 3 is 1.32 bits per heavy atom. The molecular weight excluding hydrogens is 586 g/mol. The molecule has 0 aromatic carbocycles. The van der Waals surface area contributed by atoms with Crippen molar-refractivity contribution in [3.05, 3.63) is 0 Å². The summed E-state index contributed by atoms with van der Waals surface area (Å²) in [5.41, 5.74) is -27.4. The van der Waals surface area contributed by atoms with Gasteiger partial charge in [0.1, 0.15) is 0 Å². The Hall–Kier alpha value is -1.06. The number of alkyl halides is 14. The van der Waals surface area contributed by atoms with Crippen LogP contribution in [0.1, 0.15) is 54.4 Å². The summed E-state index contributed by atoms with van der Waals surface area (Å²) in [5, 5.41) is 18.9. The Kier molecular flexibility index (Phi) is 6.95. The van der Waals surface area contributed by atoms with E-state index in [4.69, 9.17) is 0 Å². The molecule has 0 saturated heterocycles. The maximum Gasteiger partial charge on any atom is 0.420 e. The van der Waals surface area contributed by atoms with Crippen LogP contribution < -0.4 is 0 Å². The monoisotopic (exact) mass is 616 g/mol. The highest BCUT2D eigenvalue weighted by Gasteiger charge is 3.07. The summed E-state index contributed by atoms with van der Waals surface area (Å²) < 4.78 is 192. The van der Waals surface area contributed by atoms with Crippen molar-refractivity contribution in [1.29, 1.82) is 0 Å². The second kappa shape index (κ2) is 8.31. The predicted octanol–water partition coefficient (Wildman–Crippen LogP) is 7.31. The van der Waals surface area contributed by atoms with Gasteiger partial charge >= 0.3 is 24.2 Å². The molecule has 16 heteroatoms. The van der Waals surface area contributed by atoms with Crippen LogP contribution in [0.2, 0.25) is 0 Å². The standard InChI is InChI=1S/C12H12F10O.C12H18F4O/c1-4-5(2)8(14)10(16,17)7(4,13)9(15,11(8,18)19)6(3,23)12(20,21)22;1-6-7(2)9-4-8(6)5-11(9,13)10(3,17)12(14,15)16/h4-5,23H,1-3H3;6-9,17H,4-5H2,1-3H3. The first-order chi connectivity index (χ1) is 17.3. The summed E-state index contributed by atoms with van der Waals surface area (Å²) in [6.07, 6.45) is -10.9. The van der Waals surface area contributed by atoms with Crippen LogP contribution in [-0.4, -0.2) is 68.3 Å². The Bertz CT molecular complexity index is 1020. The molecule has 4 saturated carbocycles. The van der Waals surface area contributed by atoms with Gasteiger partial charge in [0.05, 0.1) is 0 Å². The van der Waals surface area contributed by atoms with Gasteiger partial charge < -0.3 is 10.2 Å². The van der Waals surface area contributed by atoms with Gasteiger partial charge in [-0.3, -0.25) is 0 Å². The molecule has 2 nitrogen and oxygen atoms in total. The molecule has 0 radical (unpaired) electrons. The minimum Gasteiger partial charge on any atom is -0.378 e. The highest BCUT2D eigenvalue weighted by Crippen LogP contribution is 2.80. The van der Waals surface area contributed by atoms with E-state index in [1.165, 1.54) is 0 Å². The van der Waals surface area contributed by atoms with E-state index in [1.54, 1.807) is 6.92 Å². The van der Waals surface area contributed by atoms with E-state index in [0.717, 1.165) is 0 Å². The Morgan fingerprint density at radius 2 is 1.00 bits per heavy atom. The van der Waals surface area contributed by atoms with Gasteiger partial charge in [0, 0.05) is 11.8 Å². The largest absolute Gasteiger partial charge is 0.420 e. The molecule has 0 amide bonds. The van der Waals surface area contributed by atoms with E-state index in [2.05, 4.69) is 0 Å². The molecule has 236 valence electrons. The number of hydrogen-bond acceptors (Lipinski definition) is 2. The number of rotatable bonds is 2. The summed E-state index contributed by atoms with van der Waals surface area (Å²) in [6, 6.07) is 0. The van der Waals surface area contributed by atoms with Crippen LogP contribution >= 0.6 is 0 Å². The fourth-order valence-electron chi connectivity index (χ4n) is 7.63. The second-order valence-electron chi connectivity index (χ2n) is 12.3. The van der Waals surface area contributed by atoms with E-state index < -0.39 is 82.8 Å². The van der Waals surface area contributed by atoms with Crippen molar-refractivity contribution in [3.8, 4) is 0 Å². The van der Waals surface area contributed by atoms with E-state index in [1.807, 2.05) is 6.92 Å². The SMILES string of the molecule is CC1C(C)C2(F)C(F)(F)C1(F)C(F)(F)C2(F)C(C)(O)C(F)(F)F.CC1C2CC(C1C)C(F)(C(C)(O)C(F)(F)F)C2. The third kappa shape index (κ3) is 3.16. The number of aliphatic hydroxyl groups is 2. The lowest BCUT2D eigenvalue weighted by Crippen LogP contribution is -2.77. The zero-order chi connectivity index (χ0) is 31.9. The zero-order valence-corrected chi connectivity index (χ0v) is 22.1. The van der Waals surface area contributed by atoms with E-state index in [0.29, 0.717) is 27.2 Å². The van der Waals surface area contributed by atoms with Crippen molar-refractivity contribution in [3.63, 3.8) is 0 Å². The number of hydrogen-bond donors (Lipinski definition) is 2. The molecule has 0 aromatic heterocycles. The summed E-state index contributed by atoms with van der Waals surface area (Å²) >= 11 is 0. The van der Waals surface area contributed by atoms with Crippen molar-refractivity contribution in [1.82, 2.24) is 0 Å². The van der Waals surface area contributed by atoms with E-state index >= 15 is 0 Å². The third-order valence-electron chi connectivity index (χ3n) is 10.8. The maximum atomic E-state index is 14.8. The molecule has 4 aliphatic carbocycles. The number of halogens is 14. The quantitative estimate of drug-likeness (QED) is 0.320. The lowest BCUT2D eigenvalue weighted by molar-refractivity contribution is -0.372. The first-order valence-corrected chi connectivity index (χ1v) is 12.4. The molecule has 2 N–H and O–H groups in total. The maximum absolute atomic E-state index is 14.8. The fourth-order valence-corrected chi connectivity index (χ4v) is 7.63. The summed E-state index contributed by atoms with van der Waals surface area (Å²) in [6.45, 7) is 4.53. The minimum absolute atomic E-state index is 0.0335. The normalized spacial score (nSPS) is 50.2. The molecule has 40 heavy (non-hydrogen) atoms. The average Bonchev–Trinajstić information content (AvgIpc) is 3.33. The summed E-state index contributed by atoms with van der Waals surface area (Å²) in [7, 11) is 0. The van der Waals surface area contributed by atoms with Gasteiger partial charge in [-0.2, -0.15) is 43.9 Å². The topological polar surface area (TPSA) is 40.5 Å². The van der Waals surface area contributed by atoms with Crippen molar-refractivity contribution < 1.29 is 71.7 Å². The van der Waals surface area contributed by atoms with Crippen LogP contribution in [0.15, 0.2) is 0 Å². The van der Waals surface area contributed by atoms with Gasteiger partial charge in [-0.25, -0.2) is 17.6 Å². The van der Waals surface area contributed by atoms with Gasteiger partial charge in [-0.05, 0) is 50.4 Å². The van der Waals surface area contributed by atoms with Crippen LogP contribution in [0.5, 0.6) is 0 Å². The Balaban J connectivity index is 0.000000230. The second-order valence-corrected chi connectivity index (χ2v) is 12.3. The average molecular weight is 616 g/mol. The molecular formula is C24H30F14O2. The molecule has 12 unspecified atom stereocenters. The van der Waals surface area contributed by atoms with Crippen molar-refractivity contribution >= 4 is 0 Å². The minimum atomic E-state index is -6.26. The molecule has 4 rings (SSSR count). The van der Waals surface area contributed by atoms with Gasteiger partial charge in [-0.15, -0.1) is 0 Å². The molecule has 12 atom stereocenters. The van der Waals surface area contributed by atoms with Gasteiger partial charge in [0.2, 0.25) is 16.9 Å². The van der Waals surface area contributed by atoms with Crippen LogP contribution in [0.25, 0.3) is 0 Å². The van der Waals surface area contributed by atoms with E-state index in [9.17, 15) is 71.7 Å². The van der Waals surface area contributed by atoms with Crippen molar-refractivity contribution in [2.75, 3.05) is 0 Å². The molecule has 4 fully saturated rings. The van der Waals surface area contributed by atoms with E-state index in [-0.39, 0.29) is 24.2 Å². The molecule has 0 heterocycles. The fraction of sp³-hybridized carbons (Fsp3) is 1.00. The van der Waals surface area contributed by atoms with Crippen LogP contribution in [0, 0.1) is 35.5 Å². The van der Waals surface area contributed by atoms with Crippen molar-refractivity contribution in [2.24, 2.45) is 35.5 Å². The number of fused-ring (bicyclic) bond motifs is 4. The van der Waals surface area contributed by atoms with Gasteiger partial charge in [0.25, 0.3) is 5.67 Å². The summed E-state index contributed by atoms with van der Waals surface area (Å²) in [4.78, 5) is 0. The first kappa shape index (κ1) is 33.4. The van der Waals surface area contributed by atoms with Crippen LogP contribution in [0.3, 0.4) is 0 Å². The van der Waals surface area contributed by atoms with Crippen molar-refractivity contribution in [2.45, 2.75) is 112 Å². The Morgan fingerprint density at radius 1 is 0.600 bits per heavy atom. The highest BCUT2D eigenvalue weighted by molar-refractivity contribution is 5.44. The van der Waals surface area contributed by atoms with Gasteiger partial charge in [0.15, 0.2) is 11.3 Å². The molecule has 0 aromatic rings. The first-order valence-electron chi connectivity index (χ1n) is 12.4. The van der Waals surface area contributed by atoms with Crippen LogP contribution in [-0.2, 0) is 0 Å². The lowest BCUT2D eigenvalue weighted by atomic mass is 9.62. The molecule has 4 aliphatic rings. The molecule has 4 bridgehead atoms. The molecule has 0 aliphatic heterocycles. The third-order valence-corrected chi connectivity index (χ3v) is 10.8. The lowest BCUT2D eigenvalue weighted by Gasteiger charge is -2.51. The molecule has 0 spiro atoms. The zero-order valence-electron chi connectivity index (χ0n) is 22.1. The summed E-state index contributed by atoms with van der Waals surface area (Å²) in [5.74, 6) is -17.5. The van der Waals surface area contributed by atoms with Gasteiger partial charge in [-0.1, -0.05) is 27.7 Å². The smallest absolute Gasteiger partial charge is 0.378 e. The van der Waals surface area contributed by atoms with Crippen LogP contribution in [0.4, 0.5) is 61.5 Å². The Labute approximate surface area is 220 Å². The highest BCUT2D eigenvalue weighted by atomic mass is 19.4. The predicted molar refractivity (Wildman–Crippen MR) is 111 cm³/mol.